The fraction of sp³-hybridized carbons (Fsp3) is 0.429. The lowest BCUT2D eigenvalue weighted by Gasteiger charge is -2.21. The Bertz CT molecular complexity index is 619. The van der Waals surface area contributed by atoms with E-state index >= 15 is 0 Å². The van der Waals surface area contributed by atoms with Gasteiger partial charge in [0.1, 0.15) is 17.1 Å². The average molecular weight is 309 g/mol. The van der Waals surface area contributed by atoms with Gasteiger partial charge >= 0.3 is 6.03 Å². The van der Waals surface area contributed by atoms with Gasteiger partial charge in [0.25, 0.3) is 0 Å². The number of urea groups is 1. The molecule has 21 heavy (non-hydrogen) atoms. The summed E-state index contributed by atoms with van der Waals surface area (Å²) in [6.07, 6.45) is 1.74. The van der Waals surface area contributed by atoms with E-state index in [1.54, 1.807) is 32.2 Å². The molecular weight excluding hydrogens is 290 g/mol. The topological polar surface area (TPSA) is 87.4 Å². The second kappa shape index (κ2) is 6.28. The molecule has 1 atom stereocenters. The lowest BCUT2D eigenvalue weighted by molar-refractivity contribution is 0.0360. The first kappa shape index (κ1) is 15.5. The molecule has 2 rings (SSSR count). The summed E-state index contributed by atoms with van der Waals surface area (Å²) in [6.45, 7) is 5.79. The first-order valence-corrected chi connectivity index (χ1v) is 7.41. The summed E-state index contributed by atoms with van der Waals surface area (Å²) >= 11 is 1.53. The van der Waals surface area contributed by atoms with E-state index in [-0.39, 0.29) is 12.6 Å². The maximum absolute atomic E-state index is 11.7. The molecule has 2 aromatic rings. The number of amides is 2. The molecule has 0 aliphatic carbocycles. The fourth-order valence-electron chi connectivity index (χ4n) is 1.78. The SMILES string of the molecule is Cc1ccc(C(C)(O)CNC(=O)NCc2cnc(C)s2)o1. The maximum Gasteiger partial charge on any atom is 0.315 e. The van der Waals surface area contributed by atoms with Crippen LogP contribution in [0.5, 0.6) is 0 Å². The van der Waals surface area contributed by atoms with Crippen LogP contribution in [-0.2, 0) is 12.1 Å². The number of nitrogens with zero attached hydrogens (tertiary/aromatic N) is 1. The van der Waals surface area contributed by atoms with E-state index in [1.807, 2.05) is 6.92 Å². The average Bonchev–Trinajstić information content (AvgIpc) is 3.03. The van der Waals surface area contributed by atoms with Gasteiger partial charge in [-0.25, -0.2) is 9.78 Å². The summed E-state index contributed by atoms with van der Waals surface area (Å²) in [5, 5.41) is 16.6. The molecule has 6 nitrogen and oxygen atoms in total. The number of thiazole rings is 1. The second-order valence-electron chi connectivity index (χ2n) is 5.07. The molecule has 0 aliphatic heterocycles. The van der Waals surface area contributed by atoms with Crippen LogP contribution < -0.4 is 10.6 Å². The minimum atomic E-state index is -1.24. The van der Waals surface area contributed by atoms with E-state index in [1.165, 1.54) is 11.3 Å². The van der Waals surface area contributed by atoms with Crippen molar-refractivity contribution in [1.29, 1.82) is 0 Å². The number of aryl methyl sites for hydroxylation is 2. The van der Waals surface area contributed by atoms with Crippen LogP contribution in [0.3, 0.4) is 0 Å². The van der Waals surface area contributed by atoms with Crippen molar-refractivity contribution in [3.05, 3.63) is 39.7 Å². The largest absolute Gasteiger partial charge is 0.463 e. The monoisotopic (exact) mass is 309 g/mol. The lowest BCUT2D eigenvalue weighted by Crippen LogP contribution is -2.43. The predicted octanol–water partition coefficient (Wildman–Crippen LogP) is 2.06. The van der Waals surface area contributed by atoms with Gasteiger partial charge in [0.15, 0.2) is 0 Å². The number of hydrogen-bond donors (Lipinski definition) is 3. The number of carbonyl (C=O) groups is 1. The van der Waals surface area contributed by atoms with Crippen LogP contribution in [0.15, 0.2) is 22.7 Å². The quantitative estimate of drug-likeness (QED) is 0.789. The summed E-state index contributed by atoms with van der Waals surface area (Å²) < 4.78 is 5.38. The number of carbonyl (C=O) groups excluding carboxylic acids is 1. The lowest BCUT2D eigenvalue weighted by atomic mass is 10.0. The third kappa shape index (κ3) is 4.30. The number of nitrogens with one attached hydrogen (secondary N) is 2. The number of furan rings is 1. The van der Waals surface area contributed by atoms with Crippen LogP contribution in [-0.4, -0.2) is 22.7 Å². The number of rotatable bonds is 5. The van der Waals surface area contributed by atoms with Gasteiger partial charge < -0.3 is 20.2 Å². The molecule has 0 fully saturated rings. The summed E-state index contributed by atoms with van der Waals surface area (Å²) in [6, 6.07) is 3.13. The Morgan fingerprint density at radius 1 is 1.43 bits per heavy atom. The van der Waals surface area contributed by atoms with Crippen molar-refractivity contribution in [3.8, 4) is 0 Å². The first-order chi connectivity index (χ1) is 9.87. The molecule has 0 radical (unpaired) electrons. The third-order valence-electron chi connectivity index (χ3n) is 2.96. The molecule has 0 saturated carbocycles. The Morgan fingerprint density at radius 3 is 2.76 bits per heavy atom. The molecule has 2 aromatic heterocycles. The van der Waals surface area contributed by atoms with Gasteiger partial charge in [0.05, 0.1) is 18.1 Å². The van der Waals surface area contributed by atoms with Gasteiger partial charge in [-0.15, -0.1) is 11.3 Å². The van der Waals surface area contributed by atoms with Crippen molar-refractivity contribution >= 4 is 17.4 Å². The van der Waals surface area contributed by atoms with Gasteiger partial charge in [-0.1, -0.05) is 0 Å². The van der Waals surface area contributed by atoms with Gasteiger partial charge in [-0.3, -0.25) is 0 Å². The van der Waals surface area contributed by atoms with E-state index in [0.717, 1.165) is 15.6 Å². The zero-order chi connectivity index (χ0) is 15.5. The fourth-order valence-corrected chi connectivity index (χ4v) is 2.52. The van der Waals surface area contributed by atoms with E-state index in [2.05, 4.69) is 15.6 Å². The van der Waals surface area contributed by atoms with Gasteiger partial charge in [-0.2, -0.15) is 0 Å². The molecule has 7 heteroatoms. The van der Waals surface area contributed by atoms with Crippen LogP contribution in [0.2, 0.25) is 0 Å². The normalized spacial score (nSPS) is 13.7. The smallest absolute Gasteiger partial charge is 0.315 e. The van der Waals surface area contributed by atoms with Crippen molar-refractivity contribution in [2.24, 2.45) is 0 Å². The highest BCUT2D eigenvalue weighted by molar-refractivity contribution is 7.11. The standard InChI is InChI=1S/C14H19N3O3S/c1-9-4-5-12(20-9)14(3,19)8-17-13(18)16-7-11-6-15-10(2)21-11/h4-6,19H,7-8H2,1-3H3,(H2,16,17,18). The van der Waals surface area contributed by atoms with Crippen LogP contribution in [0, 0.1) is 13.8 Å². The second-order valence-corrected chi connectivity index (χ2v) is 6.39. The minimum absolute atomic E-state index is 0.0630. The summed E-state index contributed by atoms with van der Waals surface area (Å²) in [5.41, 5.74) is -1.24. The Labute approximate surface area is 127 Å². The molecule has 0 saturated heterocycles. The molecule has 2 amide bonds. The van der Waals surface area contributed by atoms with Crippen molar-refractivity contribution < 1.29 is 14.3 Å². The van der Waals surface area contributed by atoms with Gasteiger partial charge in [-0.05, 0) is 32.9 Å². The minimum Gasteiger partial charge on any atom is -0.463 e. The molecule has 114 valence electrons. The molecule has 1 unspecified atom stereocenters. The van der Waals surface area contributed by atoms with E-state index < -0.39 is 5.60 Å². The number of aliphatic hydroxyl groups is 1. The Hall–Kier alpha value is -1.86. The van der Waals surface area contributed by atoms with Crippen LogP contribution in [0.4, 0.5) is 4.79 Å². The Kier molecular flexibility index (Phi) is 4.64. The van der Waals surface area contributed by atoms with E-state index in [4.69, 9.17) is 4.42 Å². The molecule has 0 spiro atoms. The molecule has 0 bridgehead atoms. The molecule has 3 N–H and O–H groups in total. The van der Waals surface area contributed by atoms with E-state index in [9.17, 15) is 9.90 Å². The summed E-state index contributed by atoms with van der Waals surface area (Å²) in [4.78, 5) is 16.8. The zero-order valence-electron chi connectivity index (χ0n) is 12.3. The first-order valence-electron chi connectivity index (χ1n) is 6.59. The highest BCUT2D eigenvalue weighted by Crippen LogP contribution is 2.21. The predicted molar refractivity (Wildman–Crippen MR) is 80.1 cm³/mol. The maximum atomic E-state index is 11.7. The van der Waals surface area contributed by atoms with Crippen LogP contribution in [0.25, 0.3) is 0 Å². The molecule has 0 aromatic carbocycles. The van der Waals surface area contributed by atoms with Gasteiger partial charge in [0.2, 0.25) is 0 Å². The highest BCUT2D eigenvalue weighted by Gasteiger charge is 2.27. The van der Waals surface area contributed by atoms with Crippen molar-refractivity contribution in [1.82, 2.24) is 15.6 Å². The molecular formula is C14H19N3O3S. The summed E-state index contributed by atoms with van der Waals surface area (Å²) in [5.74, 6) is 1.15. The zero-order valence-corrected chi connectivity index (χ0v) is 13.1. The number of aromatic nitrogens is 1. The number of hydrogen-bond acceptors (Lipinski definition) is 5. The van der Waals surface area contributed by atoms with Crippen molar-refractivity contribution in [2.75, 3.05) is 6.54 Å². The van der Waals surface area contributed by atoms with Crippen LogP contribution >= 0.6 is 11.3 Å². The summed E-state index contributed by atoms with van der Waals surface area (Å²) in [7, 11) is 0. The third-order valence-corrected chi connectivity index (χ3v) is 3.87. The van der Waals surface area contributed by atoms with Crippen LogP contribution in [0.1, 0.15) is 28.3 Å². The Morgan fingerprint density at radius 2 is 2.19 bits per heavy atom. The molecule has 2 heterocycles. The highest BCUT2D eigenvalue weighted by atomic mass is 32.1. The van der Waals surface area contributed by atoms with Crippen molar-refractivity contribution in [2.45, 2.75) is 32.9 Å². The molecule has 0 aliphatic rings. The van der Waals surface area contributed by atoms with Crippen molar-refractivity contribution in [3.63, 3.8) is 0 Å². The van der Waals surface area contributed by atoms with E-state index in [0.29, 0.717) is 12.3 Å². The Balaban J connectivity index is 1.80. The van der Waals surface area contributed by atoms with Gasteiger partial charge in [0, 0.05) is 11.1 Å².